The Bertz CT molecular complexity index is 538. The van der Waals surface area contributed by atoms with E-state index < -0.39 is 23.5 Å². The summed E-state index contributed by atoms with van der Waals surface area (Å²) in [5.41, 5.74) is -0.107. The predicted molar refractivity (Wildman–Crippen MR) is 71.7 cm³/mol. The monoisotopic (exact) mass is 275 g/mol. The fraction of sp³-hybridized carbons (Fsp3) is 0.429. The minimum atomic E-state index is -0.779. The third-order valence-corrected chi connectivity index (χ3v) is 2.23. The maximum absolute atomic E-state index is 11.9. The number of hydrogen-bond acceptors (Lipinski definition) is 5. The molecule has 0 aliphatic heterocycles. The van der Waals surface area contributed by atoms with Crippen molar-refractivity contribution in [2.75, 3.05) is 0 Å². The Balaban J connectivity index is 2.65. The summed E-state index contributed by atoms with van der Waals surface area (Å²) in [4.78, 5) is 27.4. The van der Waals surface area contributed by atoms with Gasteiger partial charge in [-0.05, 0) is 39.8 Å². The molecular formula is C14H17N3O3. The smallest absolute Gasteiger partial charge is 0.328 e. The van der Waals surface area contributed by atoms with Gasteiger partial charge in [0.25, 0.3) is 5.91 Å². The van der Waals surface area contributed by atoms with E-state index in [-0.39, 0.29) is 5.69 Å². The maximum Gasteiger partial charge on any atom is 0.328 e. The number of hydrogen-bond donors (Lipinski definition) is 1. The fourth-order valence-electron chi connectivity index (χ4n) is 1.31. The van der Waals surface area contributed by atoms with Gasteiger partial charge in [0.1, 0.15) is 23.4 Å². The molecule has 1 amide bonds. The molecule has 0 radical (unpaired) electrons. The van der Waals surface area contributed by atoms with Crippen LogP contribution in [0.1, 0.15) is 43.7 Å². The molecule has 0 spiro atoms. The van der Waals surface area contributed by atoms with E-state index in [9.17, 15) is 9.59 Å². The Morgan fingerprint density at radius 3 is 2.50 bits per heavy atom. The first-order valence-corrected chi connectivity index (χ1v) is 6.13. The van der Waals surface area contributed by atoms with Crippen LogP contribution in [0.15, 0.2) is 18.3 Å². The highest BCUT2D eigenvalue weighted by Crippen LogP contribution is 2.08. The van der Waals surface area contributed by atoms with Gasteiger partial charge in [-0.1, -0.05) is 0 Å². The molecule has 0 aliphatic carbocycles. The largest absolute Gasteiger partial charge is 0.458 e. The number of rotatable bonds is 3. The molecule has 1 rings (SSSR count). The summed E-state index contributed by atoms with van der Waals surface area (Å²) in [7, 11) is 0. The van der Waals surface area contributed by atoms with Gasteiger partial charge in [-0.3, -0.25) is 4.79 Å². The van der Waals surface area contributed by atoms with Crippen LogP contribution >= 0.6 is 0 Å². The minimum Gasteiger partial charge on any atom is -0.458 e. The van der Waals surface area contributed by atoms with Crippen molar-refractivity contribution in [2.45, 2.75) is 39.3 Å². The number of carbonyl (C=O) groups excluding carboxylic acids is 2. The molecule has 1 heterocycles. The van der Waals surface area contributed by atoms with Crippen molar-refractivity contribution in [1.29, 1.82) is 5.26 Å². The van der Waals surface area contributed by atoms with Gasteiger partial charge in [-0.2, -0.15) is 5.26 Å². The molecule has 1 aromatic heterocycles. The average molecular weight is 275 g/mol. The number of nitrogens with zero attached hydrogens (tertiary/aromatic N) is 2. The highest BCUT2D eigenvalue weighted by atomic mass is 16.6. The minimum absolute atomic E-state index is 0.138. The van der Waals surface area contributed by atoms with Gasteiger partial charge in [-0.15, -0.1) is 0 Å². The Morgan fingerprint density at radius 2 is 2.05 bits per heavy atom. The Morgan fingerprint density at radius 1 is 1.40 bits per heavy atom. The van der Waals surface area contributed by atoms with Crippen molar-refractivity contribution < 1.29 is 14.3 Å². The zero-order valence-corrected chi connectivity index (χ0v) is 11.9. The van der Waals surface area contributed by atoms with E-state index in [1.54, 1.807) is 20.8 Å². The summed E-state index contributed by atoms with van der Waals surface area (Å²) < 4.78 is 5.16. The lowest BCUT2D eigenvalue weighted by molar-refractivity contribution is -0.156. The summed E-state index contributed by atoms with van der Waals surface area (Å²) in [5, 5.41) is 11.1. The summed E-state index contributed by atoms with van der Waals surface area (Å²) in [6, 6.07) is 4.04. The van der Waals surface area contributed by atoms with Crippen molar-refractivity contribution in [3.63, 3.8) is 0 Å². The van der Waals surface area contributed by atoms with Gasteiger partial charge < -0.3 is 10.1 Å². The van der Waals surface area contributed by atoms with Crippen LogP contribution in [0.3, 0.4) is 0 Å². The fourth-order valence-corrected chi connectivity index (χ4v) is 1.31. The van der Waals surface area contributed by atoms with E-state index in [2.05, 4.69) is 10.3 Å². The highest BCUT2D eigenvalue weighted by Gasteiger charge is 2.23. The Kier molecular flexibility index (Phi) is 4.81. The van der Waals surface area contributed by atoms with Crippen LogP contribution in [0.4, 0.5) is 0 Å². The van der Waals surface area contributed by atoms with Gasteiger partial charge in [0.05, 0.1) is 5.56 Å². The normalized spacial score (nSPS) is 12.2. The maximum atomic E-state index is 11.9. The summed E-state index contributed by atoms with van der Waals surface area (Å²) in [6.45, 7) is 6.79. The van der Waals surface area contributed by atoms with Gasteiger partial charge in [0.2, 0.25) is 0 Å². The van der Waals surface area contributed by atoms with Crippen molar-refractivity contribution >= 4 is 11.9 Å². The lowest BCUT2D eigenvalue weighted by Gasteiger charge is -2.22. The third-order valence-electron chi connectivity index (χ3n) is 2.23. The number of nitriles is 1. The molecule has 6 heteroatoms. The molecule has 6 nitrogen and oxygen atoms in total. The summed E-state index contributed by atoms with van der Waals surface area (Å²) in [5.74, 6) is -1.01. The van der Waals surface area contributed by atoms with Crippen LogP contribution in [0.5, 0.6) is 0 Å². The second-order valence-corrected chi connectivity index (χ2v) is 5.27. The highest BCUT2D eigenvalue weighted by molar-refractivity contribution is 5.95. The molecule has 106 valence electrons. The van der Waals surface area contributed by atoms with Gasteiger partial charge in [0, 0.05) is 6.20 Å². The zero-order chi connectivity index (χ0) is 15.3. The van der Waals surface area contributed by atoms with Crippen LogP contribution < -0.4 is 5.32 Å². The topological polar surface area (TPSA) is 92.1 Å². The Hall–Kier alpha value is -2.42. The van der Waals surface area contributed by atoms with Crippen LogP contribution in [0.25, 0.3) is 0 Å². The van der Waals surface area contributed by atoms with E-state index >= 15 is 0 Å². The molecule has 1 atom stereocenters. The molecule has 0 saturated carbocycles. The van der Waals surface area contributed by atoms with Crippen LogP contribution in [-0.2, 0) is 9.53 Å². The first-order valence-electron chi connectivity index (χ1n) is 6.13. The number of nitrogens with one attached hydrogen (secondary N) is 1. The number of pyridine rings is 1. The Labute approximate surface area is 117 Å². The number of ether oxygens (including phenoxy) is 1. The number of aromatic nitrogens is 1. The van der Waals surface area contributed by atoms with Gasteiger partial charge >= 0.3 is 5.97 Å². The van der Waals surface area contributed by atoms with Crippen molar-refractivity contribution in [1.82, 2.24) is 10.3 Å². The first kappa shape index (κ1) is 15.6. The SMILES string of the molecule is C[C@@H](NC(=O)c1ccc(C#N)cn1)C(=O)OC(C)(C)C. The van der Waals surface area contributed by atoms with Crippen LogP contribution in [-0.4, -0.2) is 28.5 Å². The predicted octanol–water partition coefficient (Wildman–Crippen LogP) is 1.41. The van der Waals surface area contributed by atoms with Gasteiger partial charge in [0.15, 0.2) is 0 Å². The van der Waals surface area contributed by atoms with E-state index in [1.165, 1.54) is 25.3 Å². The number of amides is 1. The van der Waals surface area contributed by atoms with Crippen molar-refractivity contribution in [2.24, 2.45) is 0 Å². The summed E-state index contributed by atoms with van der Waals surface area (Å²) in [6.07, 6.45) is 1.30. The van der Waals surface area contributed by atoms with Gasteiger partial charge in [-0.25, -0.2) is 9.78 Å². The second-order valence-electron chi connectivity index (χ2n) is 5.27. The standard InChI is InChI=1S/C14H17N3O3/c1-9(13(19)20-14(2,3)4)17-12(18)11-6-5-10(7-15)8-16-11/h5-6,8-9H,1-4H3,(H,17,18)/t9-/m1/s1. The van der Waals surface area contributed by atoms with E-state index in [1.807, 2.05) is 6.07 Å². The number of esters is 1. The van der Waals surface area contributed by atoms with E-state index in [0.29, 0.717) is 5.56 Å². The lowest BCUT2D eigenvalue weighted by Crippen LogP contribution is -2.42. The van der Waals surface area contributed by atoms with Crippen molar-refractivity contribution in [3.05, 3.63) is 29.6 Å². The molecule has 0 fully saturated rings. The van der Waals surface area contributed by atoms with Crippen molar-refractivity contribution in [3.8, 4) is 6.07 Å². The molecule has 0 saturated heterocycles. The molecule has 0 bridgehead atoms. The lowest BCUT2D eigenvalue weighted by atomic mass is 10.2. The zero-order valence-electron chi connectivity index (χ0n) is 11.9. The molecular weight excluding hydrogens is 258 g/mol. The third kappa shape index (κ3) is 4.69. The molecule has 20 heavy (non-hydrogen) atoms. The molecule has 0 aliphatic rings. The number of carbonyl (C=O) groups is 2. The van der Waals surface area contributed by atoms with E-state index in [0.717, 1.165) is 0 Å². The molecule has 1 aromatic rings. The molecule has 0 aromatic carbocycles. The molecule has 0 unspecified atom stereocenters. The molecule has 1 N–H and O–H groups in total. The average Bonchev–Trinajstić information content (AvgIpc) is 2.36. The second kappa shape index (κ2) is 6.15. The summed E-state index contributed by atoms with van der Waals surface area (Å²) >= 11 is 0. The first-order chi connectivity index (χ1) is 9.23. The van der Waals surface area contributed by atoms with Crippen LogP contribution in [0, 0.1) is 11.3 Å². The quantitative estimate of drug-likeness (QED) is 0.842. The van der Waals surface area contributed by atoms with Crippen LogP contribution in [0.2, 0.25) is 0 Å². The van der Waals surface area contributed by atoms with E-state index in [4.69, 9.17) is 10.00 Å².